The van der Waals surface area contributed by atoms with E-state index in [2.05, 4.69) is 55.0 Å². The fourth-order valence-electron chi connectivity index (χ4n) is 3.46. The molecule has 20 heavy (non-hydrogen) atoms. The number of hydrogen-bond acceptors (Lipinski definition) is 3. The molecule has 0 spiro atoms. The summed E-state index contributed by atoms with van der Waals surface area (Å²) < 4.78 is 0. The highest BCUT2D eigenvalue weighted by molar-refractivity contribution is 5.52. The number of aromatic nitrogens is 1. The van der Waals surface area contributed by atoms with Gasteiger partial charge in [0, 0.05) is 30.9 Å². The van der Waals surface area contributed by atoms with Gasteiger partial charge in [0.2, 0.25) is 0 Å². The summed E-state index contributed by atoms with van der Waals surface area (Å²) in [5.74, 6) is 1.56. The third-order valence-corrected chi connectivity index (χ3v) is 4.85. The molecule has 0 aromatic carbocycles. The molecule has 0 bridgehead atoms. The molecule has 1 aliphatic heterocycles. The second-order valence-electron chi connectivity index (χ2n) is 6.87. The van der Waals surface area contributed by atoms with Crippen LogP contribution in [0, 0.1) is 25.7 Å². The van der Waals surface area contributed by atoms with E-state index in [1.54, 1.807) is 0 Å². The summed E-state index contributed by atoms with van der Waals surface area (Å²) in [5, 5.41) is 3.78. The topological polar surface area (TPSA) is 28.2 Å². The van der Waals surface area contributed by atoms with Crippen molar-refractivity contribution in [1.82, 2.24) is 10.3 Å². The van der Waals surface area contributed by atoms with E-state index < -0.39 is 0 Å². The molecule has 1 aliphatic carbocycles. The van der Waals surface area contributed by atoms with E-state index in [0.29, 0.717) is 18.0 Å². The fraction of sp³-hybridized carbons (Fsp3) is 0.706. The summed E-state index contributed by atoms with van der Waals surface area (Å²) in [6, 6.07) is 5.66. The van der Waals surface area contributed by atoms with Gasteiger partial charge in [0.05, 0.1) is 11.4 Å². The molecule has 110 valence electrons. The molecule has 3 nitrogen and oxygen atoms in total. The van der Waals surface area contributed by atoms with Gasteiger partial charge in [-0.2, -0.15) is 0 Å². The van der Waals surface area contributed by atoms with E-state index in [-0.39, 0.29) is 0 Å². The normalized spacial score (nSPS) is 27.1. The zero-order valence-corrected chi connectivity index (χ0v) is 13.2. The molecule has 0 radical (unpaired) electrons. The van der Waals surface area contributed by atoms with Crippen molar-refractivity contribution in [2.45, 2.75) is 52.6 Å². The minimum Gasteiger partial charge on any atom is -0.364 e. The van der Waals surface area contributed by atoms with E-state index in [1.165, 1.54) is 24.2 Å². The maximum absolute atomic E-state index is 4.67. The highest BCUT2D eigenvalue weighted by atomic mass is 15.2. The van der Waals surface area contributed by atoms with Crippen LogP contribution in [0.1, 0.15) is 38.1 Å². The molecule has 3 heteroatoms. The molecule has 2 fully saturated rings. The van der Waals surface area contributed by atoms with Crippen molar-refractivity contribution in [1.29, 1.82) is 0 Å². The zero-order chi connectivity index (χ0) is 14.3. The molecule has 2 heterocycles. The first-order chi connectivity index (χ1) is 9.56. The van der Waals surface area contributed by atoms with Crippen LogP contribution < -0.4 is 10.2 Å². The summed E-state index contributed by atoms with van der Waals surface area (Å²) in [4.78, 5) is 7.28. The Kier molecular flexibility index (Phi) is 3.72. The van der Waals surface area contributed by atoms with Gasteiger partial charge in [-0.1, -0.05) is 13.8 Å². The molecular weight excluding hydrogens is 246 g/mol. The van der Waals surface area contributed by atoms with Gasteiger partial charge < -0.3 is 10.2 Å². The Morgan fingerprint density at radius 1 is 1.25 bits per heavy atom. The van der Waals surface area contributed by atoms with Crippen LogP contribution >= 0.6 is 0 Å². The third kappa shape index (κ3) is 2.69. The third-order valence-electron chi connectivity index (χ3n) is 4.85. The number of anilines is 1. The summed E-state index contributed by atoms with van der Waals surface area (Å²) in [6.07, 6.45) is 2.81. The number of nitrogens with zero attached hydrogens (tertiary/aromatic N) is 2. The first kappa shape index (κ1) is 13.9. The smallest absolute Gasteiger partial charge is 0.0609 e. The van der Waals surface area contributed by atoms with Gasteiger partial charge in [-0.25, -0.2) is 0 Å². The Labute approximate surface area is 122 Å². The van der Waals surface area contributed by atoms with Crippen LogP contribution in [0.5, 0.6) is 0 Å². The number of pyridine rings is 1. The van der Waals surface area contributed by atoms with Crippen molar-refractivity contribution >= 4 is 5.69 Å². The molecule has 2 unspecified atom stereocenters. The van der Waals surface area contributed by atoms with Crippen LogP contribution in [0.3, 0.4) is 0 Å². The Bertz CT molecular complexity index is 479. The van der Waals surface area contributed by atoms with Crippen molar-refractivity contribution in [3.63, 3.8) is 0 Å². The number of aryl methyl sites for hydroxylation is 2. The zero-order valence-electron chi connectivity index (χ0n) is 13.2. The Hall–Kier alpha value is -1.09. The minimum absolute atomic E-state index is 0.577. The predicted molar refractivity (Wildman–Crippen MR) is 84.2 cm³/mol. The lowest BCUT2D eigenvalue weighted by molar-refractivity contribution is 0.319. The van der Waals surface area contributed by atoms with Crippen LogP contribution in [-0.4, -0.2) is 30.2 Å². The highest BCUT2D eigenvalue weighted by Crippen LogP contribution is 2.36. The van der Waals surface area contributed by atoms with E-state index in [9.17, 15) is 0 Å². The van der Waals surface area contributed by atoms with Crippen LogP contribution in [0.2, 0.25) is 0 Å². The minimum atomic E-state index is 0.577. The molecule has 1 aromatic heterocycles. The van der Waals surface area contributed by atoms with Crippen LogP contribution in [-0.2, 0) is 0 Å². The molecule has 0 amide bonds. The monoisotopic (exact) mass is 273 g/mol. The quantitative estimate of drug-likeness (QED) is 0.918. The average molecular weight is 273 g/mol. The lowest BCUT2D eigenvalue weighted by Crippen LogP contribution is -2.59. The van der Waals surface area contributed by atoms with E-state index in [0.717, 1.165) is 24.7 Å². The molecular formula is C17H27N3. The SMILES string of the molecule is Cc1ccc(N2CC(C3CC3)NCC2C(C)C)c(C)n1. The maximum atomic E-state index is 4.67. The largest absolute Gasteiger partial charge is 0.364 e. The van der Waals surface area contributed by atoms with Gasteiger partial charge in [-0.05, 0) is 50.7 Å². The lowest BCUT2D eigenvalue weighted by Gasteiger charge is -2.44. The van der Waals surface area contributed by atoms with E-state index in [1.807, 2.05) is 0 Å². The molecule has 1 saturated heterocycles. The summed E-state index contributed by atoms with van der Waals surface area (Å²) in [5.41, 5.74) is 3.62. The van der Waals surface area contributed by atoms with Crippen molar-refractivity contribution < 1.29 is 0 Å². The highest BCUT2D eigenvalue weighted by Gasteiger charge is 2.38. The summed E-state index contributed by atoms with van der Waals surface area (Å²) >= 11 is 0. The van der Waals surface area contributed by atoms with Gasteiger partial charge in [0.1, 0.15) is 0 Å². The standard InChI is InChI=1S/C17H27N3/c1-11(2)17-9-18-15(14-6-7-14)10-20(17)16-8-5-12(3)19-13(16)4/h5,8,11,14-15,17-18H,6-7,9-10H2,1-4H3. The van der Waals surface area contributed by atoms with Crippen LogP contribution in [0.4, 0.5) is 5.69 Å². The summed E-state index contributed by atoms with van der Waals surface area (Å²) in [6.45, 7) is 11.1. The van der Waals surface area contributed by atoms with Gasteiger partial charge >= 0.3 is 0 Å². The van der Waals surface area contributed by atoms with Crippen molar-refractivity contribution in [2.24, 2.45) is 11.8 Å². The lowest BCUT2D eigenvalue weighted by atomic mass is 9.96. The molecule has 2 atom stereocenters. The first-order valence-corrected chi connectivity index (χ1v) is 8.00. The van der Waals surface area contributed by atoms with Crippen LogP contribution in [0.25, 0.3) is 0 Å². The van der Waals surface area contributed by atoms with E-state index in [4.69, 9.17) is 0 Å². The number of hydrogen-bond donors (Lipinski definition) is 1. The van der Waals surface area contributed by atoms with Gasteiger partial charge in [-0.15, -0.1) is 0 Å². The Morgan fingerprint density at radius 3 is 2.60 bits per heavy atom. The second kappa shape index (κ2) is 5.36. The molecule has 1 aromatic rings. The second-order valence-corrected chi connectivity index (χ2v) is 6.87. The fourth-order valence-corrected chi connectivity index (χ4v) is 3.46. The van der Waals surface area contributed by atoms with Crippen molar-refractivity contribution in [2.75, 3.05) is 18.0 Å². The average Bonchev–Trinajstić information content (AvgIpc) is 3.22. The predicted octanol–water partition coefficient (Wildman–Crippen LogP) is 2.91. The Morgan fingerprint density at radius 2 is 2.00 bits per heavy atom. The molecule has 3 rings (SSSR count). The van der Waals surface area contributed by atoms with Gasteiger partial charge in [-0.3, -0.25) is 4.98 Å². The number of rotatable bonds is 3. The Balaban J connectivity index is 1.87. The van der Waals surface area contributed by atoms with Crippen molar-refractivity contribution in [3.8, 4) is 0 Å². The van der Waals surface area contributed by atoms with Gasteiger partial charge in [0.25, 0.3) is 0 Å². The molecule has 1 N–H and O–H groups in total. The molecule has 1 saturated carbocycles. The maximum Gasteiger partial charge on any atom is 0.0609 e. The van der Waals surface area contributed by atoms with Crippen LogP contribution in [0.15, 0.2) is 12.1 Å². The van der Waals surface area contributed by atoms with Crippen molar-refractivity contribution in [3.05, 3.63) is 23.5 Å². The first-order valence-electron chi connectivity index (χ1n) is 8.00. The summed E-state index contributed by atoms with van der Waals surface area (Å²) in [7, 11) is 0. The number of piperazine rings is 1. The van der Waals surface area contributed by atoms with E-state index >= 15 is 0 Å². The molecule has 2 aliphatic rings. The van der Waals surface area contributed by atoms with Gasteiger partial charge in [0.15, 0.2) is 0 Å². The number of nitrogens with one attached hydrogen (secondary N) is 1.